The molecule has 1 saturated carbocycles. The number of benzene rings is 1. The third kappa shape index (κ3) is 5.13. The highest BCUT2D eigenvalue weighted by Gasteiger charge is 2.26. The van der Waals surface area contributed by atoms with E-state index in [-0.39, 0.29) is 11.9 Å². The van der Waals surface area contributed by atoms with Gasteiger partial charge in [-0.1, -0.05) is 18.2 Å². The van der Waals surface area contributed by atoms with E-state index in [0.29, 0.717) is 17.4 Å². The molecule has 184 valence electrons. The SMILES string of the molecule is Cc1nn(-c2ccccc2)nc1C(=O)NC1CCC(Nc2nc3c(c(N(C)C)n2)CCCC3)CC1. The summed E-state index contributed by atoms with van der Waals surface area (Å²) in [5.74, 6) is 1.61. The van der Waals surface area contributed by atoms with Gasteiger partial charge in [0.1, 0.15) is 5.82 Å². The van der Waals surface area contributed by atoms with E-state index in [1.807, 2.05) is 37.3 Å². The van der Waals surface area contributed by atoms with Gasteiger partial charge >= 0.3 is 0 Å². The minimum absolute atomic E-state index is 0.128. The first-order valence-corrected chi connectivity index (χ1v) is 12.6. The van der Waals surface area contributed by atoms with Gasteiger partial charge in [-0.25, -0.2) is 4.98 Å². The summed E-state index contributed by atoms with van der Waals surface area (Å²) >= 11 is 0. The van der Waals surface area contributed by atoms with Crippen LogP contribution in [0.1, 0.15) is 66.0 Å². The predicted octanol–water partition coefficient (Wildman–Crippen LogP) is 3.46. The van der Waals surface area contributed by atoms with Gasteiger partial charge in [0.25, 0.3) is 5.91 Å². The Kier molecular flexibility index (Phi) is 6.66. The third-order valence-corrected chi connectivity index (χ3v) is 6.96. The van der Waals surface area contributed by atoms with Gasteiger partial charge in [-0.2, -0.15) is 14.9 Å². The summed E-state index contributed by atoms with van der Waals surface area (Å²) in [5, 5.41) is 15.6. The van der Waals surface area contributed by atoms with Gasteiger partial charge < -0.3 is 15.5 Å². The fourth-order valence-corrected chi connectivity index (χ4v) is 5.09. The Bertz CT molecular complexity index is 1180. The highest BCUT2D eigenvalue weighted by atomic mass is 16.2. The number of hydrogen-bond donors (Lipinski definition) is 2. The van der Waals surface area contributed by atoms with E-state index in [4.69, 9.17) is 9.97 Å². The Hall–Kier alpha value is -3.49. The molecule has 0 bridgehead atoms. The molecule has 1 aromatic carbocycles. The molecule has 0 atom stereocenters. The van der Waals surface area contributed by atoms with Crippen LogP contribution < -0.4 is 15.5 Å². The van der Waals surface area contributed by atoms with Crippen molar-refractivity contribution in [1.82, 2.24) is 30.3 Å². The van der Waals surface area contributed by atoms with Crippen molar-refractivity contribution in [1.29, 1.82) is 0 Å². The van der Waals surface area contributed by atoms with Crippen LogP contribution in [0, 0.1) is 6.92 Å². The number of carbonyl (C=O) groups is 1. The molecule has 2 aliphatic rings. The molecule has 5 rings (SSSR count). The van der Waals surface area contributed by atoms with Crippen LogP contribution in [0.3, 0.4) is 0 Å². The molecule has 9 nitrogen and oxygen atoms in total. The lowest BCUT2D eigenvalue weighted by molar-refractivity contribution is 0.0920. The van der Waals surface area contributed by atoms with Crippen molar-refractivity contribution in [2.24, 2.45) is 0 Å². The second-order valence-corrected chi connectivity index (χ2v) is 9.82. The topological polar surface area (TPSA) is 101 Å². The molecule has 1 amide bonds. The average Bonchev–Trinajstić information content (AvgIpc) is 3.27. The van der Waals surface area contributed by atoms with Crippen LogP contribution in [-0.4, -0.2) is 57.0 Å². The van der Waals surface area contributed by atoms with Gasteiger partial charge in [-0.05, 0) is 70.4 Å². The molecule has 0 spiro atoms. The lowest BCUT2D eigenvalue weighted by Gasteiger charge is -2.30. The number of anilines is 2. The zero-order chi connectivity index (χ0) is 24.4. The largest absolute Gasteiger partial charge is 0.362 e. The molecule has 3 aromatic rings. The van der Waals surface area contributed by atoms with E-state index in [2.05, 4.69) is 39.8 Å². The normalized spacial score (nSPS) is 19.6. The van der Waals surface area contributed by atoms with Gasteiger partial charge in [0.15, 0.2) is 5.69 Å². The second-order valence-electron chi connectivity index (χ2n) is 9.82. The zero-order valence-electron chi connectivity index (χ0n) is 20.8. The van der Waals surface area contributed by atoms with E-state index < -0.39 is 0 Å². The molecule has 0 radical (unpaired) electrons. The van der Waals surface area contributed by atoms with Crippen LogP contribution in [-0.2, 0) is 12.8 Å². The summed E-state index contributed by atoms with van der Waals surface area (Å²) in [7, 11) is 4.10. The number of nitrogens with zero attached hydrogens (tertiary/aromatic N) is 6. The van der Waals surface area contributed by atoms with Crippen molar-refractivity contribution in [2.45, 2.75) is 70.4 Å². The van der Waals surface area contributed by atoms with Crippen LogP contribution >= 0.6 is 0 Å². The van der Waals surface area contributed by atoms with Crippen molar-refractivity contribution in [2.75, 3.05) is 24.3 Å². The summed E-state index contributed by atoms with van der Waals surface area (Å²) in [6, 6.07) is 10.1. The molecule has 2 heterocycles. The van der Waals surface area contributed by atoms with Crippen LogP contribution in [0.4, 0.5) is 11.8 Å². The Morgan fingerprint density at radius 1 is 0.971 bits per heavy atom. The Morgan fingerprint density at radius 2 is 1.69 bits per heavy atom. The third-order valence-electron chi connectivity index (χ3n) is 6.96. The van der Waals surface area contributed by atoms with Crippen molar-refractivity contribution in [3.63, 3.8) is 0 Å². The lowest BCUT2D eigenvalue weighted by Crippen LogP contribution is -2.40. The van der Waals surface area contributed by atoms with Gasteiger partial charge in [-0.3, -0.25) is 4.79 Å². The van der Waals surface area contributed by atoms with E-state index >= 15 is 0 Å². The molecule has 0 aliphatic heterocycles. The zero-order valence-corrected chi connectivity index (χ0v) is 20.8. The number of nitrogens with one attached hydrogen (secondary N) is 2. The molecule has 9 heteroatoms. The average molecular weight is 475 g/mol. The highest BCUT2D eigenvalue weighted by Crippen LogP contribution is 2.29. The Morgan fingerprint density at radius 3 is 2.43 bits per heavy atom. The fraction of sp³-hybridized carbons (Fsp3) is 0.500. The standard InChI is InChI=1S/C26H34N8O/c1-17-23(32-34(31-17)20-9-5-4-6-10-20)25(35)27-18-13-15-19(16-14-18)28-26-29-22-12-8-7-11-21(22)24(30-26)33(2)3/h4-6,9-10,18-19H,7-8,11-16H2,1-3H3,(H,27,35)(H,28,29,30). The molecule has 0 unspecified atom stereocenters. The highest BCUT2D eigenvalue weighted by molar-refractivity contribution is 5.93. The predicted molar refractivity (Wildman–Crippen MR) is 136 cm³/mol. The molecule has 2 aromatic heterocycles. The summed E-state index contributed by atoms with van der Waals surface area (Å²) in [6.07, 6.45) is 8.22. The molecule has 1 fully saturated rings. The number of fused-ring (bicyclic) bond motifs is 1. The van der Waals surface area contributed by atoms with Crippen LogP contribution in [0.15, 0.2) is 30.3 Å². The first-order valence-electron chi connectivity index (χ1n) is 12.6. The number of rotatable bonds is 6. The Balaban J connectivity index is 1.18. The first-order chi connectivity index (χ1) is 17.0. The van der Waals surface area contributed by atoms with Crippen LogP contribution in [0.2, 0.25) is 0 Å². The van der Waals surface area contributed by atoms with Crippen molar-refractivity contribution in [3.8, 4) is 5.69 Å². The van der Waals surface area contributed by atoms with E-state index in [1.165, 1.54) is 28.9 Å². The number of hydrogen-bond acceptors (Lipinski definition) is 7. The molecule has 2 N–H and O–H groups in total. The fourth-order valence-electron chi connectivity index (χ4n) is 5.09. The maximum atomic E-state index is 12.9. The number of amides is 1. The van der Waals surface area contributed by atoms with E-state index in [9.17, 15) is 4.79 Å². The van der Waals surface area contributed by atoms with Gasteiger partial charge in [0.2, 0.25) is 5.95 Å². The second kappa shape index (κ2) is 10.0. The first kappa shape index (κ1) is 23.3. The quantitative estimate of drug-likeness (QED) is 0.564. The number of carbonyl (C=O) groups excluding carboxylic acids is 1. The summed E-state index contributed by atoms with van der Waals surface area (Å²) in [6.45, 7) is 1.82. The maximum Gasteiger partial charge on any atom is 0.273 e. The van der Waals surface area contributed by atoms with E-state index in [1.54, 1.807) is 0 Å². The summed E-state index contributed by atoms with van der Waals surface area (Å²) < 4.78 is 0. The molecule has 35 heavy (non-hydrogen) atoms. The monoisotopic (exact) mass is 474 g/mol. The molecular formula is C26H34N8O. The minimum atomic E-state index is -0.158. The minimum Gasteiger partial charge on any atom is -0.362 e. The molecule has 0 saturated heterocycles. The van der Waals surface area contributed by atoms with Crippen molar-refractivity contribution < 1.29 is 4.79 Å². The number of para-hydroxylation sites is 1. The summed E-state index contributed by atoms with van der Waals surface area (Å²) in [5.41, 5.74) is 4.34. The molecule has 2 aliphatic carbocycles. The van der Waals surface area contributed by atoms with Gasteiger partial charge in [0.05, 0.1) is 17.1 Å². The summed E-state index contributed by atoms with van der Waals surface area (Å²) in [4.78, 5) is 26.2. The van der Waals surface area contributed by atoms with Crippen LogP contribution in [0.25, 0.3) is 5.69 Å². The number of aromatic nitrogens is 5. The smallest absolute Gasteiger partial charge is 0.273 e. The lowest BCUT2D eigenvalue weighted by atomic mass is 9.91. The Labute approximate surface area is 206 Å². The maximum absolute atomic E-state index is 12.9. The van der Waals surface area contributed by atoms with Gasteiger partial charge in [0, 0.05) is 31.7 Å². The van der Waals surface area contributed by atoms with Crippen molar-refractivity contribution in [3.05, 3.63) is 53.0 Å². The molecular weight excluding hydrogens is 440 g/mol. The van der Waals surface area contributed by atoms with Crippen molar-refractivity contribution >= 4 is 17.7 Å². The van der Waals surface area contributed by atoms with Gasteiger partial charge in [-0.15, -0.1) is 5.10 Å². The van der Waals surface area contributed by atoms with Crippen LogP contribution in [0.5, 0.6) is 0 Å². The number of aryl methyl sites for hydroxylation is 2. The van der Waals surface area contributed by atoms with E-state index in [0.717, 1.165) is 56.0 Å².